The van der Waals surface area contributed by atoms with Gasteiger partial charge in [-0.25, -0.2) is 0 Å². The topological polar surface area (TPSA) is 69.2 Å². The van der Waals surface area contributed by atoms with Crippen molar-refractivity contribution < 1.29 is 9.53 Å². The molecule has 0 bridgehead atoms. The molecule has 8 heteroatoms. The molecule has 0 aromatic heterocycles. The largest absolute Gasteiger partial charge is 0.379 e. The van der Waals surface area contributed by atoms with Crippen LogP contribution in [0.2, 0.25) is 0 Å². The van der Waals surface area contributed by atoms with Crippen LogP contribution in [0.4, 0.5) is 0 Å². The Balaban J connectivity index is 0.00000320. The highest BCUT2D eigenvalue weighted by Gasteiger charge is 2.38. The number of carbonyl (C=O) groups is 1. The van der Waals surface area contributed by atoms with Gasteiger partial charge in [0.05, 0.1) is 13.2 Å². The van der Waals surface area contributed by atoms with Gasteiger partial charge in [0.25, 0.3) is 0 Å². The number of morpholine rings is 1. The van der Waals surface area contributed by atoms with Gasteiger partial charge < -0.3 is 20.3 Å². The first-order valence-corrected chi connectivity index (χ1v) is 11.8. The minimum absolute atomic E-state index is 0. The van der Waals surface area contributed by atoms with Crippen molar-refractivity contribution in [3.05, 3.63) is 0 Å². The Labute approximate surface area is 199 Å². The van der Waals surface area contributed by atoms with E-state index in [2.05, 4.69) is 32.3 Å². The maximum absolute atomic E-state index is 12.0. The molecule has 1 amide bonds. The predicted octanol–water partition coefficient (Wildman–Crippen LogP) is 2.60. The second-order valence-corrected chi connectivity index (χ2v) is 8.78. The molecule has 1 atom stereocenters. The van der Waals surface area contributed by atoms with Crippen molar-refractivity contribution >= 4 is 35.8 Å². The third kappa shape index (κ3) is 6.69. The van der Waals surface area contributed by atoms with Crippen molar-refractivity contribution in [2.24, 2.45) is 4.99 Å². The summed E-state index contributed by atoms with van der Waals surface area (Å²) in [6, 6.07) is 0.341. The van der Waals surface area contributed by atoms with Gasteiger partial charge in [-0.15, -0.1) is 24.0 Å². The van der Waals surface area contributed by atoms with Crippen molar-refractivity contribution in [3.8, 4) is 0 Å². The SMILES string of the molecule is CCC(CCNC(=NC)NCC1(N2CCOCC2)CCCCC1)N1CCCC1=O.I. The van der Waals surface area contributed by atoms with Crippen LogP contribution in [0.25, 0.3) is 0 Å². The van der Waals surface area contributed by atoms with Crippen LogP contribution in [0, 0.1) is 0 Å². The van der Waals surface area contributed by atoms with Crippen LogP contribution in [0.3, 0.4) is 0 Å². The van der Waals surface area contributed by atoms with Gasteiger partial charge in [-0.2, -0.15) is 0 Å². The lowest BCUT2D eigenvalue weighted by atomic mass is 9.80. The Kier molecular flexibility index (Phi) is 11.2. The van der Waals surface area contributed by atoms with Gasteiger partial charge >= 0.3 is 0 Å². The maximum Gasteiger partial charge on any atom is 0.222 e. The summed E-state index contributed by atoms with van der Waals surface area (Å²) in [5, 5.41) is 7.11. The second kappa shape index (κ2) is 13.1. The second-order valence-electron chi connectivity index (χ2n) is 8.78. The standard InChI is InChI=1S/C22H41N5O2.HI/c1-3-19(27-13-7-8-20(27)28)9-12-24-21(23-2)25-18-22(10-5-4-6-11-22)26-14-16-29-17-15-26;/h19H,3-18H2,1-2H3,(H2,23,24,25);1H. The number of nitrogens with zero attached hydrogens (tertiary/aromatic N) is 3. The molecule has 0 aromatic carbocycles. The molecular weight excluding hydrogens is 493 g/mol. The zero-order chi connectivity index (χ0) is 20.5. The summed E-state index contributed by atoms with van der Waals surface area (Å²) in [5.74, 6) is 1.20. The average molecular weight is 536 g/mol. The highest BCUT2D eigenvalue weighted by atomic mass is 127. The smallest absolute Gasteiger partial charge is 0.222 e. The Morgan fingerprint density at radius 3 is 2.47 bits per heavy atom. The number of halogens is 1. The van der Waals surface area contributed by atoms with E-state index in [0.29, 0.717) is 11.9 Å². The normalized spacial score (nSPS) is 23.7. The van der Waals surface area contributed by atoms with E-state index in [1.807, 2.05) is 7.05 Å². The van der Waals surface area contributed by atoms with Crippen LogP contribution in [0.1, 0.15) is 64.7 Å². The molecular formula is C22H42IN5O2. The van der Waals surface area contributed by atoms with E-state index in [-0.39, 0.29) is 29.5 Å². The molecule has 2 heterocycles. The number of guanidine groups is 1. The fourth-order valence-corrected chi connectivity index (χ4v) is 5.31. The van der Waals surface area contributed by atoms with Crippen LogP contribution in [-0.4, -0.2) is 86.2 Å². The highest BCUT2D eigenvalue weighted by molar-refractivity contribution is 14.0. The monoisotopic (exact) mass is 535 g/mol. The zero-order valence-corrected chi connectivity index (χ0v) is 21.3. The Morgan fingerprint density at radius 2 is 1.87 bits per heavy atom. The number of amides is 1. The molecule has 3 rings (SSSR count). The predicted molar refractivity (Wildman–Crippen MR) is 133 cm³/mol. The zero-order valence-electron chi connectivity index (χ0n) is 19.0. The number of nitrogens with one attached hydrogen (secondary N) is 2. The van der Waals surface area contributed by atoms with Gasteiger partial charge in [-0.3, -0.25) is 14.7 Å². The minimum Gasteiger partial charge on any atom is -0.379 e. The van der Waals surface area contributed by atoms with Crippen molar-refractivity contribution in [2.75, 3.05) is 53.0 Å². The summed E-state index contributed by atoms with van der Waals surface area (Å²) in [5.41, 5.74) is 0.230. The summed E-state index contributed by atoms with van der Waals surface area (Å²) < 4.78 is 5.59. The van der Waals surface area contributed by atoms with E-state index < -0.39 is 0 Å². The first-order valence-electron chi connectivity index (χ1n) is 11.8. The summed E-state index contributed by atoms with van der Waals surface area (Å²) in [6.45, 7) is 8.65. The van der Waals surface area contributed by atoms with E-state index in [1.54, 1.807) is 0 Å². The average Bonchev–Trinajstić information content (AvgIpc) is 3.20. The molecule has 0 radical (unpaired) electrons. The Hall–Kier alpha value is -0.610. The van der Waals surface area contributed by atoms with Crippen molar-refractivity contribution in [3.63, 3.8) is 0 Å². The van der Waals surface area contributed by atoms with Crippen LogP contribution in [0.5, 0.6) is 0 Å². The molecule has 30 heavy (non-hydrogen) atoms. The van der Waals surface area contributed by atoms with Crippen molar-refractivity contribution in [1.29, 1.82) is 0 Å². The third-order valence-electron chi connectivity index (χ3n) is 7.07. The number of likely N-dealkylation sites (tertiary alicyclic amines) is 1. The van der Waals surface area contributed by atoms with Gasteiger partial charge in [0.1, 0.15) is 0 Å². The van der Waals surface area contributed by atoms with Crippen LogP contribution < -0.4 is 10.6 Å². The molecule has 1 saturated carbocycles. The number of aliphatic imine (C=N–C) groups is 1. The molecule has 1 unspecified atom stereocenters. The molecule has 2 aliphatic heterocycles. The minimum atomic E-state index is 0. The highest BCUT2D eigenvalue weighted by Crippen LogP contribution is 2.33. The summed E-state index contributed by atoms with van der Waals surface area (Å²) in [4.78, 5) is 21.2. The van der Waals surface area contributed by atoms with E-state index in [9.17, 15) is 4.79 Å². The lowest BCUT2D eigenvalue weighted by Gasteiger charge is -2.48. The molecule has 3 fully saturated rings. The number of rotatable bonds is 8. The van der Waals surface area contributed by atoms with E-state index in [4.69, 9.17) is 4.74 Å². The molecule has 3 aliphatic rings. The number of carbonyl (C=O) groups excluding carboxylic acids is 1. The fourth-order valence-electron chi connectivity index (χ4n) is 5.31. The van der Waals surface area contributed by atoms with Crippen molar-refractivity contribution in [1.82, 2.24) is 20.4 Å². The maximum atomic E-state index is 12.0. The number of hydrogen-bond donors (Lipinski definition) is 2. The summed E-state index contributed by atoms with van der Waals surface area (Å²) in [7, 11) is 1.85. The summed E-state index contributed by atoms with van der Waals surface area (Å²) in [6.07, 6.45) is 10.2. The number of ether oxygens (including phenoxy) is 1. The lowest BCUT2D eigenvalue weighted by Crippen LogP contribution is -2.60. The molecule has 7 nitrogen and oxygen atoms in total. The number of hydrogen-bond acceptors (Lipinski definition) is 4. The first kappa shape index (κ1) is 25.6. The first-order chi connectivity index (χ1) is 14.2. The van der Waals surface area contributed by atoms with Gasteiger partial charge in [-0.1, -0.05) is 26.2 Å². The molecule has 0 spiro atoms. The van der Waals surface area contributed by atoms with Crippen LogP contribution in [-0.2, 0) is 9.53 Å². The molecule has 174 valence electrons. The fraction of sp³-hybridized carbons (Fsp3) is 0.909. The van der Waals surface area contributed by atoms with Crippen LogP contribution in [0.15, 0.2) is 4.99 Å². The van der Waals surface area contributed by atoms with E-state index in [1.165, 1.54) is 32.1 Å². The summed E-state index contributed by atoms with van der Waals surface area (Å²) >= 11 is 0. The molecule has 1 aliphatic carbocycles. The molecule has 2 N–H and O–H groups in total. The lowest BCUT2D eigenvalue weighted by molar-refractivity contribution is -0.129. The van der Waals surface area contributed by atoms with E-state index >= 15 is 0 Å². The van der Waals surface area contributed by atoms with E-state index in [0.717, 1.165) is 77.6 Å². The Morgan fingerprint density at radius 1 is 1.13 bits per heavy atom. The molecule has 2 saturated heterocycles. The van der Waals surface area contributed by atoms with Gasteiger partial charge in [-0.05, 0) is 32.1 Å². The van der Waals surface area contributed by atoms with Gasteiger partial charge in [0.15, 0.2) is 5.96 Å². The van der Waals surface area contributed by atoms with Crippen LogP contribution >= 0.6 is 24.0 Å². The molecule has 0 aromatic rings. The van der Waals surface area contributed by atoms with Gasteiger partial charge in [0, 0.05) is 57.8 Å². The quantitative estimate of drug-likeness (QED) is 0.284. The third-order valence-corrected chi connectivity index (χ3v) is 7.07. The van der Waals surface area contributed by atoms with Crippen molar-refractivity contribution in [2.45, 2.75) is 76.3 Å². The Bertz CT molecular complexity index is 548. The van der Waals surface area contributed by atoms with Gasteiger partial charge in [0.2, 0.25) is 5.91 Å².